The molecule has 1 aromatic heterocycles. The Hall–Kier alpha value is -2.84. The number of para-hydroxylation sites is 1. The van der Waals surface area contributed by atoms with Crippen molar-refractivity contribution in [1.29, 1.82) is 0 Å². The van der Waals surface area contributed by atoms with Gasteiger partial charge in [0.15, 0.2) is 11.5 Å². The van der Waals surface area contributed by atoms with E-state index in [2.05, 4.69) is 16.4 Å². The second-order valence-electron chi connectivity index (χ2n) is 7.07. The van der Waals surface area contributed by atoms with Crippen LogP contribution in [0.25, 0.3) is 10.2 Å². The van der Waals surface area contributed by atoms with Crippen molar-refractivity contribution in [2.75, 3.05) is 19.9 Å². The number of nitrogens with one attached hydrogen (secondary N) is 1. The van der Waals surface area contributed by atoms with Gasteiger partial charge in [-0.1, -0.05) is 12.1 Å². The number of ether oxygens (including phenoxy) is 3. The molecule has 0 bridgehead atoms. The molecular formula is C22H24N2O5S. The highest BCUT2D eigenvalue weighted by atomic mass is 32.1. The van der Waals surface area contributed by atoms with Crippen molar-refractivity contribution in [2.24, 2.45) is 0 Å². The van der Waals surface area contributed by atoms with E-state index in [9.17, 15) is 9.90 Å². The van der Waals surface area contributed by atoms with Crippen LogP contribution in [0.2, 0.25) is 0 Å². The van der Waals surface area contributed by atoms with E-state index in [0.29, 0.717) is 23.7 Å². The molecule has 30 heavy (non-hydrogen) atoms. The highest BCUT2D eigenvalue weighted by Gasteiger charge is 2.15. The highest BCUT2D eigenvalue weighted by molar-refractivity contribution is 7.18. The van der Waals surface area contributed by atoms with E-state index in [-0.39, 0.29) is 25.9 Å². The minimum Gasteiger partial charge on any atom is -0.491 e. The van der Waals surface area contributed by atoms with Gasteiger partial charge in [-0.05, 0) is 43.5 Å². The lowest BCUT2D eigenvalue weighted by Crippen LogP contribution is -2.35. The van der Waals surface area contributed by atoms with Gasteiger partial charge in [0, 0.05) is 19.0 Å². The third kappa shape index (κ3) is 5.40. The Morgan fingerprint density at radius 1 is 1.20 bits per heavy atom. The molecule has 0 saturated heterocycles. The van der Waals surface area contributed by atoms with Crippen LogP contribution >= 0.6 is 11.3 Å². The summed E-state index contributed by atoms with van der Waals surface area (Å²) in [5.74, 6) is 1.82. The van der Waals surface area contributed by atoms with Gasteiger partial charge in [-0.2, -0.15) is 0 Å². The van der Waals surface area contributed by atoms with Crippen LogP contribution in [-0.2, 0) is 11.2 Å². The van der Waals surface area contributed by atoms with E-state index in [1.807, 2.05) is 18.2 Å². The number of aromatic nitrogens is 1. The van der Waals surface area contributed by atoms with Gasteiger partial charge in [0.1, 0.15) is 18.5 Å². The number of aliphatic hydroxyl groups is 1. The summed E-state index contributed by atoms with van der Waals surface area (Å²) >= 11 is 1.71. The lowest BCUT2D eigenvalue weighted by Gasteiger charge is -2.13. The molecule has 1 aliphatic heterocycles. The summed E-state index contributed by atoms with van der Waals surface area (Å²) < 4.78 is 17.3. The summed E-state index contributed by atoms with van der Waals surface area (Å²) in [4.78, 5) is 16.6. The SMILES string of the molecule is O=C(CCCCc1nc2ccccc2s1)NCC(O)COc1ccc2c(c1)OCO2. The van der Waals surface area contributed by atoms with Crippen LogP contribution < -0.4 is 19.5 Å². The molecule has 8 heteroatoms. The normalized spacial score (nSPS) is 13.4. The first-order valence-electron chi connectivity index (χ1n) is 9.99. The number of benzene rings is 2. The summed E-state index contributed by atoms with van der Waals surface area (Å²) in [6, 6.07) is 13.3. The molecule has 0 radical (unpaired) electrons. The number of thiazole rings is 1. The Kier molecular flexibility index (Phi) is 6.66. The van der Waals surface area contributed by atoms with Crippen LogP contribution in [0.5, 0.6) is 17.2 Å². The van der Waals surface area contributed by atoms with Gasteiger partial charge in [-0.3, -0.25) is 4.79 Å². The predicted octanol–water partition coefficient (Wildman–Crippen LogP) is 3.29. The number of hydrogen-bond donors (Lipinski definition) is 2. The molecule has 2 aromatic carbocycles. The molecule has 0 aliphatic carbocycles. The number of carbonyl (C=O) groups is 1. The van der Waals surface area contributed by atoms with Gasteiger partial charge in [0.2, 0.25) is 12.7 Å². The number of fused-ring (bicyclic) bond motifs is 2. The third-order valence-corrected chi connectivity index (χ3v) is 5.80. The number of aliphatic hydroxyl groups excluding tert-OH is 1. The number of amides is 1. The molecule has 4 rings (SSSR count). The van der Waals surface area contributed by atoms with Crippen LogP contribution in [0.1, 0.15) is 24.3 Å². The van der Waals surface area contributed by atoms with Crippen LogP contribution in [0.15, 0.2) is 42.5 Å². The van der Waals surface area contributed by atoms with Crippen molar-refractivity contribution in [2.45, 2.75) is 31.8 Å². The number of rotatable bonds is 10. The Balaban J connectivity index is 1.10. The summed E-state index contributed by atoms with van der Waals surface area (Å²) in [5.41, 5.74) is 1.03. The zero-order chi connectivity index (χ0) is 20.8. The van der Waals surface area contributed by atoms with E-state index < -0.39 is 6.10 Å². The number of nitrogens with zero attached hydrogens (tertiary/aromatic N) is 1. The molecule has 2 heterocycles. The van der Waals surface area contributed by atoms with Crippen molar-refractivity contribution in [3.8, 4) is 17.2 Å². The van der Waals surface area contributed by atoms with E-state index in [1.54, 1.807) is 29.5 Å². The fourth-order valence-corrected chi connectivity index (χ4v) is 4.14. The van der Waals surface area contributed by atoms with Crippen LogP contribution in [0.4, 0.5) is 0 Å². The van der Waals surface area contributed by atoms with Crippen molar-refractivity contribution in [3.05, 3.63) is 47.5 Å². The molecule has 1 aliphatic rings. The minimum atomic E-state index is -0.790. The summed E-state index contributed by atoms with van der Waals surface area (Å²) in [5, 5.41) is 13.9. The molecule has 1 unspecified atom stereocenters. The van der Waals surface area contributed by atoms with Gasteiger partial charge in [-0.15, -0.1) is 11.3 Å². The third-order valence-electron chi connectivity index (χ3n) is 4.70. The molecule has 0 spiro atoms. The maximum absolute atomic E-state index is 12.0. The van der Waals surface area contributed by atoms with Crippen molar-refractivity contribution >= 4 is 27.5 Å². The van der Waals surface area contributed by atoms with E-state index in [1.165, 1.54) is 4.70 Å². The average Bonchev–Trinajstić information content (AvgIpc) is 3.39. The monoisotopic (exact) mass is 428 g/mol. The largest absolute Gasteiger partial charge is 0.491 e. The highest BCUT2D eigenvalue weighted by Crippen LogP contribution is 2.35. The van der Waals surface area contributed by atoms with E-state index in [4.69, 9.17) is 14.2 Å². The maximum atomic E-state index is 12.0. The first-order chi connectivity index (χ1) is 14.7. The molecule has 1 amide bonds. The molecule has 2 N–H and O–H groups in total. The number of hydrogen-bond acceptors (Lipinski definition) is 7. The lowest BCUT2D eigenvalue weighted by molar-refractivity contribution is -0.121. The predicted molar refractivity (Wildman–Crippen MR) is 114 cm³/mol. The van der Waals surface area contributed by atoms with Crippen molar-refractivity contribution in [1.82, 2.24) is 10.3 Å². The van der Waals surface area contributed by atoms with E-state index >= 15 is 0 Å². The van der Waals surface area contributed by atoms with Crippen LogP contribution in [0.3, 0.4) is 0 Å². The molecule has 0 fully saturated rings. The van der Waals surface area contributed by atoms with E-state index in [0.717, 1.165) is 29.8 Å². The number of carbonyl (C=O) groups excluding carboxylic acids is 1. The Bertz CT molecular complexity index is 973. The number of unbranched alkanes of at least 4 members (excludes halogenated alkanes) is 1. The molecule has 158 valence electrons. The molecule has 7 nitrogen and oxygen atoms in total. The Labute approximate surface area is 178 Å². The molecule has 3 aromatic rings. The zero-order valence-corrected chi connectivity index (χ0v) is 17.3. The summed E-state index contributed by atoms with van der Waals surface area (Å²) in [6.07, 6.45) is 2.20. The van der Waals surface area contributed by atoms with Crippen molar-refractivity contribution < 1.29 is 24.1 Å². The topological polar surface area (TPSA) is 89.9 Å². The van der Waals surface area contributed by atoms with Gasteiger partial charge < -0.3 is 24.6 Å². The Morgan fingerprint density at radius 2 is 2.07 bits per heavy atom. The standard InChI is InChI=1S/C22H24N2O5S/c25-15(13-27-16-9-10-18-19(11-16)29-14-28-18)12-23-21(26)7-3-4-8-22-24-17-5-1-2-6-20(17)30-22/h1-2,5-6,9-11,15,25H,3-4,7-8,12-14H2,(H,23,26). The second kappa shape index (κ2) is 9.77. The smallest absolute Gasteiger partial charge is 0.231 e. The van der Waals surface area contributed by atoms with Gasteiger partial charge in [-0.25, -0.2) is 4.98 Å². The van der Waals surface area contributed by atoms with Crippen molar-refractivity contribution in [3.63, 3.8) is 0 Å². The average molecular weight is 429 g/mol. The lowest BCUT2D eigenvalue weighted by atomic mass is 10.2. The summed E-state index contributed by atoms with van der Waals surface area (Å²) in [7, 11) is 0. The van der Waals surface area contributed by atoms with Gasteiger partial charge >= 0.3 is 0 Å². The minimum absolute atomic E-state index is 0.0681. The van der Waals surface area contributed by atoms with Gasteiger partial charge in [0.05, 0.1) is 15.2 Å². The fraction of sp³-hybridized carbons (Fsp3) is 0.364. The quantitative estimate of drug-likeness (QED) is 0.482. The molecule has 0 saturated carbocycles. The first-order valence-corrected chi connectivity index (χ1v) is 10.8. The Morgan fingerprint density at radius 3 is 2.97 bits per heavy atom. The van der Waals surface area contributed by atoms with Crippen LogP contribution in [0, 0.1) is 0 Å². The maximum Gasteiger partial charge on any atom is 0.231 e. The van der Waals surface area contributed by atoms with Gasteiger partial charge in [0.25, 0.3) is 0 Å². The molecule has 1 atom stereocenters. The molecular weight excluding hydrogens is 404 g/mol. The van der Waals surface area contributed by atoms with Crippen LogP contribution in [-0.4, -0.2) is 42.0 Å². The second-order valence-corrected chi connectivity index (χ2v) is 8.18. The fourth-order valence-electron chi connectivity index (χ4n) is 3.13. The number of aryl methyl sites for hydroxylation is 1. The zero-order valence-electron chi connectivity index (χ0n) is 16.5. The first kappa shape index (κ1) is 20.4. The summed E-state index contributed by atoms with van der Waals surface area (Å²) in [6.45, 7) is 0.437.